The van der Waals surface area contributed by atoms with Gasteiger partial charge in [0, 0.05) is 37.9 Å². The highest BCUT2D eigenvalue weighted by Gasteiger charge is 2.27. The average molecular weight is 559 g/mol. The zero-order chi connectivity index (χ0) is 28.5. The minimum atomic E-state index is 0.513. The number of nitrogens with zero attached hydrogens (tertiary/aromatic N) is 6. The minimum Gasteiger partial charge on any atom is -0.312 e. The maximum Gasteiger partial charge on any atom is 0.164 e. The SMILES string of the molecule is N#Cc1ccc(-c2nc(-c3ccc(C#N)cc3)nc(-c3ccc(N4C5=C(C=CCC5)Sc5ccccc54)cc3)n2)cc1. The van der Waals surface area contributed by atoms with Crippen LogP contribution in [0.3, 0.4) is 0 Å². The van der Waals surface area contributed by atoms with Gasteiger partial charge in [0.2, 0.25) is 0 Å². The first-order chi connectivity index (χ1) is 20.7. The Kier molecular flexibility index (Phi) is 6.56. The summed E-state index contributed by atoms with van der Waals surface area (Å²) in [6, 6.07) is 35.6. The Morgan fingerprint density at radius 3 is 1.71 bits per heavy atom. The van der Waals surface area contributed by atoms with Crippen molar-refractivity contribution in [2.45, 2.75) is 17.7 Å². The number of benzene rings is 4. The predicted molar refractivity (Wildman–Crippen MR) is 165 cm³/mol. The van der Waals surface area contributed by atoms with Crippen LogP contribution in [0.1, 0.15) is 24.0 Å². The first-order valence-electron chi connectivity index (χ1n) is 13.5. The van der Waals surface area contributed by atoms with Gasteiger partial charge in [0.15, 0.2) is 17.5 Å². The minimum absolute atomic E-state index is 0.513. The zero-order valence-corrected chi connectivity index (χ0v) is 23.2. The highest BCUT2D eigenvalue weighted by molar-refractivity contribution is 8.03. The third kappa shape index (κ3) is 4.73. The fourth-order valence-corrected chi connectivity index (χ4v) is 6.27. The van der Waals surface area contributed by atoms with Crippen molar-refractivity contribution in [3.8, 4) is 46.3 Å². The second kappa shape index (κ2) is 10.8. The Hall–Kier alpha value is -5.50. The lowest BCUT2D eigenvalue weighted by atomic mass is 10.1. The van der Waals surface area contributed by atoms with Crippen molar-refractivity contribution in [3.05, 3.63) is 131 Å². The normalized spacial score (nSPS) is 13.6. The fraction of sp³-hybridized carbons (Fsp3) is 0.0571. The molecular weight excluding hydrogens is 536 g/mol. The molecule has 2 heterocycles. The first kappa shape index (κ1) is 25.5. The molecule has 6 nitrogen and oxygen atoms in total. The maximum absolute atomic E-state index is 9.24. The van der Waals surface area contributed by atoms with Crippen LogP contribution in [0.25, 0.3) is 34.2 Å². The molecule has 0 bridgehead atoms. The number of nitriles is 2. The van der Waals surface area contributed by atoms with Gasteiger partial charge in [-0.1, -0.05) is 36.0 Å². The molecule has 5 aromatic rings. The van der Waals surface area contributed by atoms with Crippen LogP contribution >= 0.6 is 11.8 Å². The standard InChI is InChI=1S/C35H22N6S/c36-21-23-9-13-25(14-10-23)33-38-34(26-15-11-24(22-37)12-16-26)40-35(39-33)27-17-19-28(20-18-27)41-29-5-1-3-7-31(29)42-32-8-4-2-6-30(32)41/h1,3-5,7-20H,2,6H2. The highest BCUT2D eigenvalue weighted by atomic mass is 32.2. The number of hydrogen-bond donors (Lipinski definition) is 0. The molecular formula is C35H22N6S. The molecule has 0 fully saturated rings. The number of rotatable bonds is 4. The van der Waals surface area contributed by atoms with E-state index in [1.165, 1.54) is 21.2 Å². The molecule has 0 radical (unpaired) electrons. The Labute approximate surface area is 248 Å². The average Bonchev–Trinajstić information content (AvgIpc) is 3.07. The predicted octanol–water partition coefficient (Wildman–Crippen LogP) is 8.42. The fourth-order valence-electron chi connectivity index (χ4n) is 5.14. The summed E-state index contributed by atoms with van der Waals surface area (Å²) in [5.41, 5.74) is 7.18. The zero-order valence-electron chi connectivity index (χ0n) is 22.4. The Morgan fingerprint density at radius 2 is 1.17 bits per heavy atom. The lowest BCUT2D eigenvalue weighted by Crippen LogP contribution is -2.22. The van der Waals surface area contributed by atoms with Crippen LogP contribution < -0.4 is 4.90 Å². The van der Waals surface area contributed by atoms with Crippen LogP contribution in [0.2, 0.25) is 0 Å². The molecule has 0 saturated heterocycles. The number of para-hydroxylation sites is 1. The molecule has 0 N–H and O–H groups in total. The second-order valence-electron chi connectivity index (χ2n) is 9.89. The summed E-state index contributed by atoms with van der Waals surface area (Å²) in [5, 5.41) is 18.5. The number of hydrogen-bond acceptors (Lipinski definition) is 7. The van der Waals surface area contributed by atoms with Crippen molar-refractivity contribution >= 4 is 23.1 Å². The molecule has 198 valence electrons. The van der Waals surface area contributed by atoms with E-state index in [0.717, 1.165) is 35.2 Å². The first-order valence-corrected chi connectivity index (χ1v) is 14.4. The molecule has 0 amide bonds. The quantitative estimate of drug-likeness (QED) is 0.219. The van der Waals surface area contributed by atoms with Gasteiger partial charge in [-0.2, -0.15) is 10.5 Å². The number of aromatic nitrogens is 3. The molecule has 0 saturated carbocycles. The highest BCUT2D eigenvalue weighted by Crippen LogP contribution is 2.49. The summed E-state index contributed by atoms with van der Waals surface area (Å²) in [7, 11) is 0. The van der Waals surface area contributed by atoms with E-state index in [4.69, 9.17) is 15.0 Å². The number of thioether (sulfide) groups is 1. The van der Waals surface area contributed by atoms with Crippen LogP contribution in [0.5, 0.6) is 0 Å². The number of fused-ring (bicyclic) bond motifs is 1. The summed E-state index contributed by atoms with van der Waals surface area (Å²) < 4.78 is 0. The van der Waals surface area contributed by atoms with Gasteiger partial charge in [-0.05, 0) is 97.8 Å². The molecule has 1 aliphatic heterocycles. The Bertz CT molecular complexity index is 1890. The summed E-state index contributed by atoms with van der Waals surface area (Å²) in [6.07, 6.45) is 6.50. The van der Waals surface area contributed by atoms with Crippen molar-refractivity contribution in [2.75, 3.05) is 4.90 Å². The van der Waals surface area contributed by atoms with Gasteiger partial charge in [-0.3, -0.25) is 0 Å². The topological polar surface area (TPSA) is 89.5 Å². The third-order valence-corrected chi connectivity index (χ3v) is 8.42. The smallest absolute Gasteiger partial charge is 0.164 e. The molecule has 7 heteroatoms. The number of anilines is 2. The second-order valence-corrected chi connectivity index (χ2v) is 11.0. The van der Waals surface area contributed by atoms with Crippen molar-refractivity contribution in [3.63, 3.8) is 0 Å². The largest absolute Gasteiger partial charge is 0.312 e. The van der Waals surface area contributed by atoms with E-state index in [-0.39, 0.29) is 0 Å². The van der Waals surface area contributed by atoms with Gasteiger partial charge < -0.3 is 4.90 Å². The van der Waals surface area contributed by atoms with Crippen LogP contribution in [-0.2, 0) is 0 Å². The van der Waals surface area contributed by atoms with E-state index in [1.807, 2.05) is 36.0 Å². The van der Waals surface area contributed by atoms with Crippen molar-refractivity contribution in [1.29, 1.82) is 10.5 Å². The molecule has 1 aromatic heterocycles. The van der Waals surface area contributed by atoms with E-state index < -0.39 is 0 Å². The van der Waals surface area contributed by atoms with E-state index in [9.17, 15) is 10.5 Å². The molecule has 7 rings (SSSR count). The lowest BCUT2D eigenvalue weighted by Gasteiger charge is -2.35. The monoisotopic (exact) mass is 558 g/mol. The molecule has 0 atom stereocenters. The lowest BCUT2D eigenvalue weighted by molar-refractivity contribution is 0.903. The van der Waals surface area contributed by atoms with Crippen LogP contribution in [0, 0.1) is 22.7 Å². The summed E-state index contributed by atoms with van der Waals surface area (Å²) in [6.45, 7) is 0. The van der Waals surface area contributed by atoms with Gasteiger partial charge in [0.1, 0.15) is 0 Å². The van der Waals surface area contributed by atoms with Gasteiger partial charge in [0.05, 0.1) is 29.0 Å². The van der Waals surface area contributed by atoms with Gasteiger partial charge in [-0.25, -0.2) is 15.0 Å². The van der Waals surface area contributed by atoms with Crippen LogP contribution in [0.4, 0.5) is 11.4 Å². The summed E-state index contributed by atoms with van der Waals surface area (Å²) in [5.74, 6) is 1.57. The molecule has 4 aromatic carbocycles. The van der Waals surface area contributed by atoms with E-state index in [2.05, 4.69) is 77.7 Å². The van der Waals surface area contributed by atoms with Crippen LogP contribution in [-0.4, -0.2) is 15.0 Å². The van der Waals surface area contributed by atoms with Gasteiger partial charge in [-0.15, -0.1) is 0 Å². The maximum atomic E-state index is 9.24. The molecule has 0 unspecified atom stereocenters. The number of allylic oxidation sites excluding steroid dienone is 3. The van der Waals surface area contributed by atoms with Crippen molar-refractivity contribution in [1.82, 2.24) is 15.0 Å². The summed E-state index contributed by atoms with van der Waals surface area (Å²) in [4.78, 5) is 19.3. The Balaban J connectivity index is 1.31. The summed E-state index contributed by atoms with van der Waals surface area (Å²) >= 11 is 1.83. The molecule has 1 aliphatic carbocycles. The van der Waals surface area contributed by atoms with Gasteiger partial charge in [0.25, 0.3) is 0 Å². The van der Waals surface area contributed by atoms with Crippen LogP contribution in [0.15, 0.2) is 125 Å². The van der Waals surface area contributed by atoms with E-state index >= 15 is 0 Å². The van der Waals surface area contributed by atoms with Crippen molar-refractivity contribution < 1.29 is 0 Å². The van der Waals surface area contributed by atoms with Gasteiger partial charge >= 0.3 is 0 Å². The Morgan fingerprint density at radius 1 is 0.643 bits per heavy atom. The van der Waals surface area contributed by atoms with Crippen molar-refractivity contribution in [2.24, 2.45) is 0 Å². The molecule has 42 heavy (non-hydrogen) atoms. The third-order valence-electron chi connectivity index (χ3n) is 7.26. The van der Waals surface area contributed by atoms with E-state index in [1.54, 1.807) is 24.3 Å². The molecule has 2 aliphatic rings. The van der Waals surface area contributed by atoms with E-state index in [0.29, 0.717) is 28.6 Å². The molecule has 0 spiro atoms.